The van der Waals surface area contributed by atoms with E-state index in [4.69, 9.17) is 14.5 Å². The topological polar surface area (TPSA) is 59.5 Å². The number of aromatic nitrogens is 2. The van der Waals surface area contributed by atoms with Crippen LogP contribution in [-0.2, 0) is 9.47 Å². The molecule has 1 aliphatic carbocycles. The van der Waals surface area contributed by atoms with E-state index in [9.17, 15) is 0 Å². The van der Waals surface area contributed by atoms with Crippen LogP contribution in [0.4, 0.5) is 11.8 Å². The lowest BCUT2D eigenvalue weighted by Gasteiger charge is -2.37. The van der Waals surface area contributed by atoms with E-state index in [1.807, 2.05) is 12.3 Å². The van der Waals surface area contributed by atoms with Crippen molar-refractivity contribution in [2.75, 3.05) is 36.5 Å². The minimum atomic E-state index is -0.341. The molecule has 24 heavy (non-hydrogen) atoms. The Bertz CT molecular complexity index is 530. The van der Waals surface area contributed by atoms with Crippen LogP contribution in [-0.4, -0.2) is 48.1 Å². The Kier molecular flexibility index (Phi) is 4.85. The molecular weight excluding hydrogens is 304 g/mol. The fourth-order valence-corrected chi connectivity index (χ4v) is 4.05. The second-order valence-electron chi connectivity index (χ2n) is 7.17. The van der Waals surface area contributed by atoms with Gasteiger partial charge in [-0.3, -0.25) is 0 Å². The van der Waals surface area contributed by atoms with Crippen molar-refractivity contribution in [3.8, 4) is 0 Å². The molecule has 1 N–H and O–H groups in total. The smallest absolute Gasteiger partial charge is 0.227 e. The molecule has 4 rings (SSSR count). The molecule has 2 aliphatic heterocycles. The van der Waals surface area contributed by atoms with E-state index in [1.165, 1.54) is 38.5 Å². The van der Waals surface area contributed by atoms with Gasteiger partial charge in [-0.1, -0.05) is 25.7 Å². The molecule has 1 aromatic rings. The van der Waals surface area contributed by atoms with Crippen molar-refractivity contribution in [3.05, 3.63) is 12.3 Å². The van der Waals surface area contributed by atoms with Crippen LogP contribution in [0.25, 0.3) is 0 Å². The lowest BCUT2D eigenvalue weighted by atomic mass is 10.0. The molecule has 3 heterocycles. The Morgan fingerprint density at radius 2 is 1.75 bits per heavy atom. The molecule has 6 nitrogen and oxygen atoms in total. The van der Waals surface area contributed by atoms with Gasteiger partial charge in [0.1, 0.15) is 5.82 Å². The van der Waals surface area contributed by atoms with E-state index in [0.29, 0.717) is 6.04 Å². The molecule has 3 fully saturated rings. The van der Waals surface area contributed by atoms with Gasteiger partial charge in [-0.15, -0.1) is 0 Å². The van der Waals surface area contributed by atoms with Crippen LogP contribution in [0.5, 0.6) is 0 Å². The van der Waals surface area contributed by atoms with Crippen molar-refractivity contribution in [1.82, 2.24) is 9.97 Å². The van der Waals surface area contributed by atoms with E-state index in [1.54, 1.807) is 0 Å². The molecule has 132 valence electrons. The van der Waals surface area contributed by atoms with Gasteiger partial charge in [0, 0.05) is 38.2 Å². The number of piperidine rings is 1. The summed E-state index contributed by atoms with van der Waals surface area (Å²) in [7, 11) is 0. The first-order valence-corrected chi connectivity index (χ1v) is 9.45. The molecule has 6 heteroatoms. The summed E-state index contributed by atoms with van der Waals surface area (Å²) >= 11 is 0. The van der Waals surface area contributed by atoms with Gasteiger partial charge in [0.25, 0.3) is 0 Å². The Morgan fingerprint density at radius 1 is 1.04 bits per heavy atom. The van der Waals surface area contributed by atoms with E-state index >= 15 is 0 Å². The minimum Gasteiger partial charge on any atom is -0.367 e. The number of hydrogen-bond acceptors (Lipinski definition) is 6. The van der Waals surface area contributed by atoms with Crippen molar-refractivity contribution < 1.29 is 9.47 Å². The van der Waals surface area contributed by atoms with E-state index in [0.717, 1.165) is 50.9 Å². The summed E-state index contributed by atoms with van der Waals surface area (Å²) < 4.78 is 11.6. The highest BCUT2D eigenvalue weighted by atomic mass is 16.7. The molecule has 1 spiro atoms. The van der Waals surface area contributed by atoms with Gasteiger partial charge < -0.3 is 19.7 Å². The molecule has 0 amide bonds. The first kappa shape index (κ1) is 16.1. The van der Waals surface area contributed by atoms with Crippen LogP contribution in [0.3, 0.4) is 0 Å². The average Bonchev–Trinajstić information content (AvgIpc) is 2.91. The maximum absolute atomic E-state index is 5.80. The molecule has 3 aliphatic rings. The highest BCUT2D eigenvalue weighted by Crippen LogP contribution is 2.32. The zero-order chi connectivity index (χ0) is 16.2. The fraction of sp³-hybridized carbons (Fsp3) is 0.778. The number of nitrogens with one attached hydrogen (secondary N) is 1. The summed E-state index contributed by atoms with van der Waals surface area (Å²) in [5.41, 5.74) is 0. The van der Waals surface area contributed by atoms with Gasteiger partial charge in [0.2, 0.25) is 5.95 Å². The molecule has 1 aromatic heterocycles. The van der Waals surface area contributed by atoms with E-state index in [-0.39, 0.29) is 5.79 Å². The number of ether oxygens (including phenoxy) is 2. The van der Waals surface area contributed by atoms with Gasteiger partial charge in [-0.2, -0.15) is 4.98 Å². The van der Waals surface area contributed by atoms with Crippen LogP contribution in [0.15, 0.2) is 12.3 Å². The number of hydrogen-bond donors (Lipinski definition) is 1. The summed E-state index contributed by atoms with van der Waals surface area (Å²) in [6, 6.07) is 2.54. The normalized spacial score (nSPS) is 24.9. The quantitative estimate of drug-likeness (QED) is 0.859. The molecule has 0 unspecified atom stereocenters. The third-order valence-corrected chi connectivity index (χ3v) is 5.47. The van der Waals surface area contributed by atoms with E-state index in [2.05, 4.69) is 15.2 Å². The third-order valence-electron chi connectivity index (χ3n) is 5.47. The van der Waals surface area contributed by atoms with Crippen LogP contribution in [0, 0.1) is 0 Å². The molecule has 1 saturated carbocycles. The number of rotatable bonds is 3. The predicted molar refractivity (Wildman–Crippen MR) is 93.2 cm³/mol. The second-order valence-corrected chi connectivity index (χ2v) is 7.17. The summed E-state index contributed by atoms with van der Waals surface area (Å²) in [5.74, 6) is 1.44. The zero-order valence-electron chi connectivity index (χ0n) is 14.4. The summed E-state index contributed by atoms with van der Waals surface area (Å²) in [6.07, 6.45) is 11.5. The SMILES string of the molecule is c1cc(NC2CCCCCC2)nc(N2CCC3(CC2)OCCO3)n1. The molecule has 0 bridgehead atoms. The zero-order valence-corrected chi connectivity index (χ0v) is 14.4. The van der Waals surface area contributed by atoms with Crippen molar-refractivity contribution in [3.63, 3.8) is 0 Å². The van der Waals surface area contributed by atoms with Crippen LogP contribution in [0.1, 0.15) is 51.4 Å². The van der Waals surface area contributed by atoms with Gasteiger partial charge in [0.05, 0.1) is 13.2 Å². The van der Waals surface area contributed by atoms with Crippen molar-refractivity contribution >= 4 is 11.8 Å². The maximum Gasteiger partial charge on any atom is 0.227 e. The Hall–Kier alpha value is -1.40. The van der Waals surface area contributed by atoms with Gasteiger partial charge >= 0.3 is 0 Å². The van der Waals surface area contributed by atoms with Crippen molar-refractivity contribution in [2.45, 2.75) is 63.2 Å². The highest BCUT2D eigenvalue weighted by molar-refractivity contribution is 5.42. The van der Waals surface area contributed by atoms with Gasteiger partial charge in [-0.05, 0) is 18.9 Å². The monoisotopic (exact) mass is 332 g/mol. The summed E-state index contributed by atoms with van der Waals surface area (Å²) in [4.78, 5) is 11.5. The second kappa shape index (κ2) is 7.23. The highest BCUT2D eigenvalue weighted by Gasteiger charge is 2.40. The molecule has 0 aromatic carbocycles. The molecule has 2 saturated heterocycles. The Balaban J connectivity index is 1.37. The van der Waals surface area contributed by atoms with E-state index < -0.39 is 0 Å². The predicted octanol–water partition coefficient (Wildman–Crippen LogP) is 2.95. The largest absolute Gasteiger partial charge is 0.367 e. The molecule has 0 atom stereocenters. The Morgan fingerprint density at radius 3 is 2.46 bits per heavy atom. The standard InChI is InChI=1S/C18H28N4O2/c1-2-4-6-15(5-3-1)20-16-7-10-19-17(21-16)22-11-8-18(9-12-22)23-13-14-24-18/h7,10,15H,1-6,8-9,11-14H2,(H,19,20,21). The minimum absolute atomic E-state index is 0.341. The first-order chi connectivity index (χ1) is 11.8. The number of anilines is 2. The lowest BCUT2D eigenvalue weighted by Crippen LogP contribution is -2.45. The summed E-state index contributed by atoms with van der Waals surface area (Å²) in [6.45, 7) is 3.20. The maximum atomic E-state index is 5.80. The average molecular weight is 332 g/mol. The first-order valence-electron chi connectivity index (χ1n) is 9.45. The van der Waals surface area contributed by atoms with Crippen LogP contribution in [0.2, 0.25) is 0 Å². The van der Waals surface area contributed by atoms with Gasteiger partial charge in [-0.25, -0.2) is 4.98 Å². The Labute approximate surface area is 143 Å². The third kappa shape index (κ3) is 3.64. The van der Waals surface area contributed by atoms with Crippen LogP contribution >= 0.6 is 0 Å². The van der Waals surface area contributed by atoms with Gasteiger partial charge in [0.15, 0.2) is 5.79 Å². The van der Waals surface area contributed by atoms with Crippen molar-refractivity contribution in [1.29, 1.82) is 0 Å². The fourth-order valence-electron chi connectivity index (χ4n) is 4.05. The lowest BCUT2D eigenvalue weighted by molar-refractivity contribution is -0.169. The number of nitrogens with zero attached hydrogens (tertiary/aromatic N) is 3. The van der Waals surface area contributed by atoms with Crippen molar-refractivity contribution in [2.24, 2.45) is 0 Å². The summed E-state index contributed by atoms with van der Waals surface area (Å²) in [5, 5.41) is 3.62. The molecular formula is C18H28N4O2. The van der Waals surface area contributed by atoms with Crippen LogP contribution < -0.4 is 10.2 Å². The molecule has 0 radical (unpaired) electrons.